The van der Waals surface area contributed by atoms with Gasteiger partial charge in [0.25, 0.3) is 11.2 Å². The minimum atomic E-state index is -0.593. The van der Waals surface area contributed by atoms with Gasteiger partial charge >= 0.3 is 0 Å². The smallest absolute Gasteiger partial charge is 0.271 e. The van der Waals surface area contributed by atoms with Crippen LogP contribution in [-0.4, -0.2) is 20.4 Å². The van der Waals surface area contributed by atoms with Gasteiger partial charge in [0.2, 0.25) is 5.88 Å². The number of nitro benzene ring substituents is 1. The van der Waals surface area contributed by atoms with E-state index in [9.17, 15) is 30.1 Å². The molecule has 144 valence electrons. The van der Waals surface area contributed by atoms with Gasteiger partial charge in [-0.2, -0.15) is 5.26 Å². The lowest BCUT2D eigenvalue weighted by molar-refractivity contribution is -0.384. The Labute approximate surface area is 160 Å². The summed E-state index contributed by atoms with van der Waals surface area (Å²) < 4.78 is 1.17. The van der Waals surface area contributed by atoms with Gasteiger partial charge in [-0.05, 0) is 37.5 Å². The van der Waals surface area contributed by atoms with Crippen LogP contribution >= 0.6 is 0 Å². The first-order valence-electron chi connectivity index (χ1n) is 9.04. The molecule has 8 nitrogen and oxygen atoms in total. The molecule has 0 saturated heterocycles. The molecule has 0 spiro atoms. The van der Waals surface area contributed by atoms with Crippen molar-refractivity contribution in [3.8, 4) is 11.9 Å². The molecule has 0 atom stereocenters. The number of non-ortho nitro benzene ring substituents is 1. The maximum absolute atomic E-state index is 13.0. The van der Waals surface area contributed by atoms with E-state index in [1.54, 1.807) is 0 Å². The predicted octanol–water partition coefficient (Wildman–Crippen LogP) is 3.38. The second-order valence-electron chi connectivity index (χ2n) is 6.91. The summed E-state index contributed by atoms with van der Waals surface area (Å²) in [6.07, 6.45) is 4.21. The van der Waals surface area contributed by atoms with Crippen LogP contribution < -0.4 is 5.56 Å². The summed E-state index contributed by atoms with van der Waals surface area (Å²) in [5.41, 5.74) is -0.807. The molecule has 1 N–H and O–H groups in total. The highest BCUT2D eigenvalue weighted by Crippen LogP contribution is 2.33. The molecule has 0 amide bonds. The highest BCUT2D eigenvalue weighted by atomic mass is 16.6. The van der Waals surface area contributed by atoms with Gasteiger partial charge in [-0.3, -0.25) is 24.3 Å². The maximum Gasteiger partial charge on any atom is 0.271 e. The van der Waals surface area contributed by atoms with E-state index >= 15 is 0 Å². The molecule has 28 heavy (non-hydrogen) atoms. The number of aromatic nitrogens is 1. The molecule has 0 unspecified atom stereocenters. The van der Waals surface area contributed by atoms with Crippen molar-refractivity contribution in [2.75, 3.05) is 0 Å². The molecule has 2 aromatic rings. The Morgan fingerprint density at radius 1 is 1.25 bits per heavy atom. The number of pyridine rings is 1. The van der Waals surface area contributed by atoms with Crippen LogP contribution in [0.3, 0.4) is 0 Å². The molecule has 1 heterocycles. The van der Waals surface area contributed by atoms with E-state index in [4.69, 9.17) is 0 Å². The molecule has 0 aliphatic heterocycles. The first-order chi connectivity index (χ1) is 13.4. The van der Waals surface area contributed by atoms with Gasteiger partial charge in [0.1, 0.15) is 11.6 Å². The van der Waals surface area contributed by atoms with E-state index in [0.717, 1.165) is 19.3 Å². The third-order valence-electron chi connectivity index (χ3n) is 5.25. The summed E-state index contributed by atoms with van der Waals surface area (Å²) in [7, 11) is 0. The summed E-state index contributed by atoms with van der Waals surface area (Å²) in [6, 6.07) is 6.57. The van der Waals surface area contributed by atoms with Crippen LogP contribution in [0.5, 0.6) is 5.88 Å². The van der Waals surface area contributed by atoms with Gasteiger partial charge in [-0.15, -0.1) is 0 Å². The van der Waals surface area contributed by atoms with Gasteiger partial charge in [0.05, 0.1) is 10.5 Å². The summed E-state index contributed by atoms with van der Waals surface area (Å²) in [5, 5.41) is 31.1. The molecule has 1 fully saturated rings. The van der Waals surface area contributed by atoms with Gasteiger partial charge in [-0.1, -0.05) is 19.3 Å². The van der Waals surface area contributed by atoms with Crippen LogP contribution in [0.15, 0.2) is 29.1 Å². The van der Waals surface area contributed by atoms with Crippen molar-refractivity contribution in [2.45, 2.75) is 45.1 Å². The average Bonchev–Trinajstić information content (AvgIpc) is 2.69. The van der Waals surface area contributed by atoms with Crippen molar-refractivity contribution in [3.63, 3.8) is 0 Å². The lowest BCUT2D eigenvalue weighted by Crippen LogP contribution is -2.31. The van der Waals surface area contributed by atoms with Gasteiger partial charge < -0.3 is 5.11 Å². The van der Waals surface area contributed by atoms with E-state index in [-0.39, 0.29) is 34.0 Å². The highest BCUT2D eigenvalue weighted by Gasteiger charge is 2.29. The molecule has 1 aliphatic rings. The topological polar surface area (TPSA) is 126 Å². The average molecular weight is 381 g/mol. The van der Waals surface area contributed by atoms with Crippen LogP contribution in [0, 0.1) is 28.4 Å². The van der Waals surface area contributed by atoms with E-state index in [2.05, 4.69) is 0 Å². The Kier molecular flexibility index (Phi) is 5.27. The minimum Gasteiger partial charge on any atom is -0.494 e. The number of nitrogens with zero attached hydrogens (tertiary/aromatic N) is 3. The molecule has 1 aliphatic carbocycles. The Morgan fingerprint density at radius 3 is 2.39 bits per heavy atom. The number of hydrogen-bond acceptors (Lipinski definition) is 6. The van der Waals surface area contributed by atoms with Gasteiger partial charge in [0.15, 0.2) is 5.78 Å². The molecule has 1 aromatic carbocycles. The van der Waals surface area contributed by atoms with Crippen molar-refractivity contribution >= 4 is 11.5 Å². The molecule has 0 bridgehead atoms. The van der Waals surface area contributed by atoms with Crippen molar-refractivity contribution in [1.82, 2.24) is 4.57 Å². The van der Waals surface area contributed by atoms with Crippen LogP contribution in [0.4, 0.5) is 5.69 Å². The number of carbonyl (C=O) groups excluding carboxylic acids is 1. The third kappa shape index (κ3) is 3.27. The van der Waals surface area contributed by atoms with Crippen LogP contribution in [0.2, 0.25) is 0 Å². The largest absolute Gasteiger partial charge is 0.494 e. The van der Waals surface area contributed by atoms with Gasteiger partial charge in [0, 0.05) is 23.7 Å². The van der Waals surface area contributed by atoms with Gasteiger partial charge in [-0.25, -0.2) is 0 Å². The summed E-state index contributed by atoms with van der Waals surface area (Å²) in [6.45, 7) is 1.45. The number of carbonyl (C=O) groups is 1. The second kappa shape index (κ2) is 7.64. The number of aromatic hydroxyl groups is 1. The van der Waals surface area contributed by atoms with E-state index < -0.39 is 22.1 Å². The van der Waals surface area contributed by atoms with Crippen molar-refractivity contribution < 1.29 is 14.8 Å². The van der Waals surface area contributed by atoms with Crippen molar-refractivity contribution in [3.05, 3.63) is 67.0 Å². The van der Waals surface area contributed by atoms with E-state index in [1.807, 2.05) is 6.07 Å². The number of nitriles is 1. The molecule has 0 radical (unpaired) electrons. The first kappa shape index (κ1) is 19.3. The Bertz CT molecular complexity index is 1040. The maximum atomic E-state index is 13.0. The van der Waals surface area contributed by atoms with Crippen molar-refractivity contribution in [2.24, 2.45) is 0 Å². The summed E-state index contributed by atoms with van der Waals surface area (Å²) in [5.74, 6) is -1.04. The molecule has 1 aromatic heterocycles. The molecular formula is C20H19N3O5. The highest BCUT2D eigenvalue weighted by molar-refractivity contribution is 6.11. The fourth-order valence-corrected chi connectivity index (χ4v) is 3.75. The zero-order valence-electron chi connectivity index (χ0n) is 15.3. The Hall–Kier alpha value is -3.47. The van der Waals surface area contributed by atoms with Crippen molar-refractivity contribution in [1.29, 1.82) is 5.26 Å². The molecule has 3 rings (SSSR count). The quantitative estimate of drug-likeness (QED) is 0.491. The number of ketones is 1. The lowest BCUT2D eigenvalue weighted by atomic mass is 9.93. The number of nitro groups is 1. The SMILES string of the molecule is Cc1c(C(=O)c2ccc([N+](=O)[O-])cc2)c(O)n(C2CCCCC2)c(=O)c1C#N. The zero-order valence-corrected chi connectivity index (χ0v) is 15.3. The molecule has 1 saturated carbocycles. The monoisotopic (exact) mass is 381 g/mol. The predicted molar refractivity (Wildman–Crippen MR) is 100 cm³/mol. The standard InChI is InChI=1S/C20H19N3O5/c1-12-16(11-21)19(25)22(14-5-3-2-4-6-14)20(26)17(12)18(24)13-7-9-15(10-8-13)23(27)28/h7-10,14,26H,2-6H2,1H3. The lowest BCUT2D eigenvalue weighted by Gasteiger charge is -2.26. The third-order valence-corrected chi connectivity index (χ3v) is 5.25. The van der Waals surface area contributed by atoms with Crippen LogP contribution in [0.25, 0.3) is 0 Å². The fourth-order valence-electron chi connectivity index (χ4n) is 3.75. The summed E-state index contributed by atoms with van der Waals surface area (Å²) >= 11 is 0. The number of hydrogen-bond donors (Lipinski definition) is 1. The molecule has 8 heteroatoms. The summed E-state index contributed by atoms with van der Waals surface area (Å²) in [4.78, 5) is 36.0. The van der Waals surface area contributed by atoms with Crippen LogP contribution in [-0.2, 0) is 0 Å². The zero-order chi connectivity index (χ0) is 20.4. The second-order valence-corrected chi connectivity index (χ2v) is 6.91. The normalized spacial score (nSPS) is 14.4. The van der Waals surface area contributed by atoms with Crippen LogP contribution in [0.1, 0.15) is 65.2 Å². The molecular weight excluding hydrogens is 362 g/mol. The fraction of sp³-hybridized carbons (Fsp3) is 0.350. The van der Waals surface area contributed by atoms with E-state index in [1.165, 1.54) is 35.8 Å². The Morgan fingerprint density at radius 2 is 1.86 bits per heavy atom. The van der Waals surface area contributed by atoms with E-state index in [0.29, 0.717) is 12.8 Å². The number of rotatable bonds is 4. The number of benzene rings is 1. The Balaban J connectivity index is 2.17. The first-order valence-corrected chi connectivity index (χ1v) is 9.04. The minimum absolute atomic E-state index is 0.111.